The fraction of sp³-hybridized carbons (Fsp3) is 0.192. The Morgan fingerprint density at radius 2 is 1.78 bits per heavy atom. The Morgan fingerprint density at radius 1 is 1.00 bits per heavy atom. The van der Waals surface area contributed by atoms with E-state index < -0.39 is 5.60 Å². The molecule has 1 aliphatic carbocycles. The van der Waals surface area contributed by atoms with Crippen molar-refractivity contribution in [3.8, 4) is 22.5 Å². The van der Waals surface area contributed by atoms with Crippen molar-refractivity contribution in [2.75, 3.05) is 5.73 Å². The molecule has 6 rings (SSSR count). The molecular weight excluding hydrogens is 398 g/mol. The summed E-state index contributed by atoms with van der Waals surface area (Å²) in [5.41, 5.74) is 11.1. The van der Waals surface area contributed by atoms with Gasteiger partial charge in [0.05, 0.1) is 16.8 Å². The standard InChI is InChI=1S/C26H23N5O/c1-26(32)14-19(15-26)25-30-22(23-24(27)28-11-12-31(23)25)18-8-7-17-9-10-20(29-21(17)13-18)16-5-3-2-4-6-16/h2-13,19,32H,14-15H2,1H3,(H2,27,28)/t19-,26-. The lowest BCUT2D eigenvalue weighted by Crippen LogP contribution is -2.40. The lowest BCUT2D eigenvalue weighted by atomic mass is 9.72. The van der Waals surface area contributed by atoms with Crippen molar-refractivity contribution < 1.29 is 5.11 Å². The third-order valence-corrected chi connectivity index (χ3v) is 6.38. The predicted molar refractivity (Wildman–Crippen MR) is 126 cm³/mol. The summed E-state index contributed by atoms with van der Waals surface area (Å²) < 4.78 is 2.02. The molecule has 32 heavy (non-hydrogen) atoms. The molecule has 0 spiro atoms. The quantitative estimate of drug-likeness (QED) is 0.436. The summed E-state index contributed by atoms with van der Waals surface area (Å²) in [5, 5.41) is 11.3. The first-order chi connectivity index (χ1) is 15.5. The van der Waals surface area contributed by atoms with Gasteiger partial charge < -0.3 is 10.8 Å². The van der Waals surface area contributed by atoms with Crippen LogP contribution in [0.25, 0.3) is 38.9 Å². The number of hydrogen-bond donors (Lipinski definition) is 2. The van der Waals surface area contributed by atoms with Crippen LogP contribution in [0.15, 0.2) is 73.1 Å². The van der Waals surface area contributed by atoms with E-state index >= 15 is 0 Å². The van der Waals surface area contributed by atoms with Crippen molar-refractivity contribution in [3.63, 3.8) is 0 Å². The monoisotopic (exact) mass is 421 g/mol. The van der Waals surface area contributed by atoms with Gasteiger partial charge in [0, 0.05) is 34.8 Å². The number of anilines is 1. The first-order valence-corrected chi connectivity index (χ1v) is 10.8. The highest BCUT2D eigenvalue weighted by Crippen LogP contribution is 2.45. The maximum atomic E-state index is 10.3. The average molecular weight is 422 g/mol. The van der Waals surface area contributed by atoms with Gasteiger partial charge in [-0.3, -0.25) is 4.40 Å². The third-order valence-electron chi connectivity index (χ3n) is 6.38. The number of pyridine rings is 1. The van der Waals surface area contributed by atoms with Gasteiger partial charge >= 0.3 is 0 Å². The summed E-state index contributed by atoms with van der Waals surface area (Å²) in [4.78, 5) is 14.2. The van der Waals surface area contributed by atoms with Crippen LogP contribution in [0.3, 0.4) is 0 Å². The minimum Gasteiger partial charge on any atom is -0.390 e. The molecule has 0 atom stereocenters. The molecular formula is C26H23N5O. The molecule has 3 aromatic heterocycles. The van der Waals surface area contributed by atoms with E-state index in [9.17, 15) is 5.11 Å². The molecule has 0 aliphatic heterocycles. The van der Waals surface area contributed by atoms with E-state index in [2.05, 4.69) is 41.4 Å². The summed E-state index contributed by atoms with van der Waals surface area (Å²) in [5.74, 6) is 1.55. The third kappa shape index (κ3) is 3.03. The molecule has 0 amide bonds. The zero-order chi connectivity index (χ0) is 21.9. The van der Waals surface area contributed by atoms with Crippen LogP contribution in [0, 0.1) is 0 Å². The second-order valence-corrected chi connectivity index (χ2v) is 8.92. The number of benzene rings is 2. The molecule has 1 saturated carbocycles. The van der Waals surface area contributed by atoms with E-state index in [-0.39, 0.29) is 5.92 Å². The van der Waals surface area contributed by atoms with E-state index in [1.54, 1.807) is 6.20 Å². The van der Waals surface area contributed by atoms with Gasteiger partial charge in [0.1, 0.15) is 22.9 Å². The Morgan fingerprint density at radius 3 is 2.56 bits per heavy atom. The van der Waals surface area contributed by atoms with Crippen LogP contribution in [0.5, 0.6) is 0 Å². The van der Waals surface area contributed by atoms with Gasteiger partial charge in [0.15, 0.2) is 0 Å². The van der Waals surface area contributed by atoms with Crippen LogP contribution in [-0.4, -0.2) is 30.1 Å². The van der Waals surface area contributed by atoms with Gasteiger partial charge in [0.2, 0.25) is 0 Å². The second kappa shape index (κ2) is 6.87. The summed E-state index contributed by atoms with van der Waals surface area (Å²) in [7, 11) is 0. The minimum atomic E-state index is -0.629. The molecule has 3 heterocycles. The van der Waals surface area contributed by atoms with Crippen LogP contribution in [0.2, 0.25) is 0 Å². The van der Waals surface area contributed by atoms with E-state index in [1.165, 1.54) is 0 Å². The van der Waals surface area contributed by atoms with Crippen molar-refractivity contribution in [1.82, 2.24) is 19.4 Å². The largest absolute Gasteiger partial charge is 0.390 e. The van der Waals surface area contributed by atoms with E-state index in [4.69, 9.17) is 15.7 Å². The Hall–Kier alpha value is -3.77. The van der Waals surface area contributed by atoms with E-state index in [1.807, 2.05) is 41.8 Å². The van der Waals surface area contributed by atoms with Crippen LogP contribution < -0.4 is 5.73 Å². The van der Waals surface area contributed by atoms with Crippen molar-refractivity contribution in [3.05, 3.63) is 78.9 Å². The smallest absolute Gasteiger partial charge is 0.150 e. The lowest BCUT2D eigenvalue weighted by molar-refractivity contribution is -0.0335. The number of hydrogen-bond acceptors (Lipinski definition) is 5. The van der Waals surface area contributed by atoms with Gasteiger partial charge in [-0.25, -0.2) is 15.0 Å². The van der Waals surface area contributed by atoms with Crippen molar-refractivity contribution >= 4 is 22.2 Å². The highest BCUT2D eigenvalue weighted by Gasteiger charge is 2.41. The number of aliphatic hydroxyl groups is 1. The molecule has 6 nitrogen and oxygen atoms in total. The minimum absolute atomic E-state index is 0.191. The molecule has 6 heteroatoms. The summed E-state index contributed by atoms with van der Waals surface area (Å²) >= 11 is 0. The Balaban J connectivity index is 1.50. The topological polar surface area (TPSA) is 89.3 Å². The van der Waals surface area contributed by atoms with Crippen LogP contribution in [0.1, 0.15) is 31.5 Å². The van der Waals surface area contributed by atoms with Crippen LogP contribution in [-0.2, 0) is 0 Å². The molecule has 1 aliphatic rings. The molecule has 158 valence electrons. The predicted octanol–water partition coefficient (Wildman–Crippen LogP) is 4.82. The highest BCUT2D eigenvalue weighted by molar-refractivity contribution is 5.91. The van der Waals surface area contributed by atoms with Gasteiger partial charge in [-0.05, 0) is 31.9 Å². The maximum Gasteiger partial charge on any atom is 0.150 e. The van der Waals surface area contributed by atoms with Gasteiger partial charge in [0.25, 0.3) is 0 Å². The van der Waals surface area contributed by atoms with Crippen molar-refractivity contribution in [1.29, 1.82) is 0 Å². The zero-order valence-corrected chi connectivity index (χ0v) is 17.7. The van der Waals surface area contributed by atoms with E-state index in [0.717, 1.165) is 44.8 Å². The Labute approximate surface area is 185 Å². The van der Waals surface area contributed by atoms with Crippen LogP contribution >= 0.6 is 0 Å². The second-order valence-electron chi connectivity index (χ2n) is 8.92. The molecule has 0 radical (unpaired) electrons. The number of imidazole rings is 1. The van der Waals surface area contributed by atoms with E-state index in [0.29, 0.717) is 18.7 Å². The Bertz CT molecular complexity index is 1460. The van der Waals surface area contributed by atoms with Crippen molar-refractivity contribution in [2.24, 2.45) is 0 Å². The number of nitrogens with zero attached hydrogens (tertiary/aromatic N) is 4. The Kier molecular flexibility index (Phi) is 4.07. The first kappa shape index (κ1) is 19.0. The maximum absolute atomic E-state index is 10.3. The van der Waals surface area contributed by atoms with Gasteiger partial charge in [-0.2, -0.15) is 0 Å². The van der Waals surface area contributed by atoms with Crippen LogP contribution in [0.4, 0.5) is 5.82 Å². The zero-order valence-electron chi connectivity index (χ0n) is 17.7. The fourth-order valence-electron chi connectivity index (χ4n) is 4.79. The number of fused-ring (bicyclic) bond motifs is 2. The number of nitrogen functional groups attached to an aromatic ring is 1. The number of aromatic nitrogens is 4. The number of rotatable bonds is 3. The molecule has 5 aromatic rings. The van der Waals surface area contributed by atoms with Crippen molar-refractivity contribution in [2.45, 2.75) is 31.3 Å². The summed E-state index contributed by atoms with van der Waals surface area (Å²) in [6.07, 6.45) is 4.97. The summed E-state index contributed by atoms with van der Waals surface area (Å²) in [6.45, 7) is 1.87. The summed E-state index contributed by atoms with van der Waals surface area (Å²) in [6, 6.07) is 20.5. The molecule has 3 N–H and O–H groups in total. The first-order valence-electron chi connectivity index (χ1n) is 10.8. The van der Waals surface area contributed by atoms with Gasteiger partial charge in [-0.1, -0.05) is 48.5 Å². The normalized spacial score (nSPS) is 20.5. The molecule has 0 saturated heterocycles. The molecule has 0 bridgehead atoms. The average Bonchev–Trinajstić information content (AvgIpc) is 3.18. The highest BCUT2D eigenvalue weighted by atomic mass is 16.3. The molecule has 1 fully saturated rings. The molecule has 0 unspecified atom stereocenters. The lowest BCUT2D eigenvalue weighted by Gasteiger charge is -2.40. The van der Waals surface area contributed by atoms with Gasteiger partial charge in [-0.15, -0.1) is 0 Å². The SMILES string of the molecule is C[C@]1(O)C[C@H](c2nc(-c3ccc4ccc(-c5ccccc5)nc4c3)c3c(N)nccn32)C1. The number of nitrogens with two attached hydrogens (primary N) is 1. The fourth-order valence-corrected chi connectivity index (χ4v) is 4.79. The molecule has 2 aromatic carbocycles.